The van der Waals surface area contributed by atoms with Crippen LogP contribution < -0.4 is 15.8 Å². The third kappa shape index (κ3) is 4.94. The highest BCUT2D eigenvalue weighted by atomic mass is 127. The van der Waals surface area contributed by atoms with E-state index in [1.165, 1.54) is 12.1 Å². The number of primary amides is 1. The van der Waals surface area contributed by atoms with Crippen molar-refractivity contribution in [2.45, 2.75) is 0 Å². The highest BCUT2D eigenvalue weighted by molar-refractivity contribution is 14.1. The van der Waals surface area contributed by atoms with Crippen LogP contribution in [0.1, 0.15) is 31.1 Å². The number of nitrogens with two attached hydrogens (primary N) is 1. The number of aromatic carboxylic acids is 2. The van der Waals surface area contributed by atoms with E-state index in [0.29, 0.717) is 3.57 Å². The smallest absolute Gasteiger partial charge is 0.336 e. The standard InChI is InChI=1S/C21H13F2IN2O6/c22-9-5-16(26-15-4-1-10(24)7-14(15)23)18(19(25)27)17(6-9)32-11-2-3-12(20(28)29)13(8-11)21(30)31/h1-8,26H,(H2,25,27)(H,28,29)(H,30,31). The van der Waals surface area contributed by atoms with E-state index in [1.807, 2.05) is 22.6 Å². The number of amides is 1. The predicted octanol–water partition coefficient (Wildman–Crippen LogP) is 4.60. The number of hydrogen-bond donors (Lipinski definition) is 4. The Bertz CT molecular complexity index is 1270. The number of hydrogen-bond acceptors (Lipinski definition) is 5. The molecule has 3 aromatic rings. The van der Waals surface area contributed by atoms with Crippen molar-refractivity contribution in [3.63, 3.8) is 0 Å². The van der Waals surface area contributed by atoms with Gasteiger partial charge in [-0.05, 0) is 65.1 Å². The van der Waals surface area contributed by atoms with E-state index >= 15 is 0 Å². The lowest BCUT2D eigenvalue weighted by Gasteiger charge is -2.16. The molecule has 0 aliphatic rings. The zero-order valence-electron chi connectivity index (χ0n) is 15.9. The summed E-state index contributed by atoms with van der Waals surface area (Å²) in [5.74, 6) is -6.12. The molecule has 0 saturated carbocycles. The van der Waals surface area contributed by atoms with Crippen LogP contribution in [0, 0.1) is 15.2 Å². The Balaban J connectivity index is 2.07. The summed E-state index contributed by atoms with van der Waals surface area (Å²) in [6, 6.07) is 8.99. The number of carbonyl (C=O) groups excluding carboxylic acids is 1. The van der Waals surface area contributed by atoms with E-state index in [0.717, 1.165) is 30.3 Å². The number of ether oxygens (including phenoxy) is 1. The van der Waals surface area contributed by atoms with Gasteiger partial charge in [-0.25, -0.2) is 18.4 Å². The lowest BCUT2D eigenvalue weighted by molar-refractivity contribution is 0.0651. The molecule has 0 spiro atoms. The maximum atomic E-state index is 14.3. The lowest BCUT2D eigenvalue weighted by Crippen LogP contribution is -2.15. The van der Waals surface area contributed by atoms with Crippen molar-refractivity contribution in [2.24, 2.45) is 5.73 Å². The fourth-order valence-corrected chi connectivity index (χ4v) is 3.28. The fraction of sp³-hybridized carbons (Fsp3) is 0. The molecule has 0 aliphatic heterocycles. The summed E-state index contributed by atoms with van der Waals surface area (Å²) in [6.45, 7) is 0. The Morgan fingerprint density at radius 3 is 2.19 bits per heavy atom. The number of anilines is 2. The summed E-state index contributed by atoms with van der Waals surface area (Å²) >= 11 is 1.91. The topological polar surface area (TPSA) is 139 Å². The minimum atomic E-state index is -1.53. The number of carboxylic acid groups (broad SMARTS) is 2. The first kappa shape index (κ1) is 22.9. The predicted molar refractivity (Wildman–Crippen MR) is 118 cm³/mol. The first-order chi connectivity index (χ1) is 15.1. The Hall–Kier alpha value is -3.74. The number of benzene rings is 3. The quantitative estimate of drug-likeness (QED) is 0.313. The summed E-state index contributed by atoms with van der Waals surface area (Å²) in [6.07, 6.45) is 0. The van der Waals surface area contributed by atoms with E-state index in [1.54, 1.807) is 6.07 Å². The summed E-state index contributed by atoms with van der Waals surface area (Å²) < 4.78 is 34.6. The third-order valence-corrected chi connectivity index (χ3v) is 4.86. The first-order valence-corrected chi connectivity index (χ1v) is 9.78. The van der Waals surface area contributed by atoms with Crippen LogP contribution in [0.3, 0.4) is 0 Å². The summed E-state index contributed by atoms with van der Waals surface area (Å²) in [5, 5.41) is 21.0. The molecule has 0 aliphatic carbocycles. The molecular weight excluding hydrogens is 541 g/mol. The van der Waals surface area contributed by atoms with Gasteiger partial charge in [-0.2, -0.15) is 0 Å². The van der Waals surface area contributed by atoms with E-state index in [2.05, 4.69) is 5.32 Å². The van der Waals surface area contributed by atoms with Crippen molar-refractivity contribution in [3.8, 4) is 11.5 Å². The molecule has 32 heavy (non-hydrogen) atoms. The summed E-state index contributed by atoms with van der Waals surface area (Å²) in [4.78, 5) is 34.7. The molecule has 164 valence electrons. The number of carbonyl (C=O) groups is 3. The molecular formula is C21H13F2IN2O6. The van der Waals surface area contributed by atoms with Crippen LogP contribution >= 0.6 is 22.6 Å². The van der Waals surface area contributed by atoms with E-state index < -0.39 is 40.6 Å². The maximum absolute atomic E-state index is 14.3. The van der Waals surface area contributed by atoms with Crippen LogP contribution in [0.5, 0.6) is 11.5 Å². The number of nitrogens with one attached hydrogen (secondary N) is 1. The van der Waals surface area contributed by atoms with Crippen molar-refractivity contribution in [2.75, 3.05) is 5.32 Å². The third-order valence-electron chi connectivity index (χ3n) is 4.19. The van der Waals surface area contributed by atoms with Crippen LogP contribution in [-0.2, 0) is 0 Å². The normalized spacial score (nSPS) is 10.5. The van der Waals surface area contributed by atoms with Crippen LogP contribution in [0.15, 0.2) is 48.5 Å². The summed E-state index contributed by atoms with van der Waals surface area (Å²) in [5.41, 5.74) is 3.79. The van der Waals surface area contributed by atoms with Crippen molar-refractivity contribution in [1.82, 2.24) is 0 Å². The van der Waals surface area contributed by atoms with E-state index in [-0.39, 0.29) is 28.4 Å². The van der Waals surface area contributed by atoms with Gasteiger partial charge in [0.15, 0.2) is 0 Å². The number of halogens is 3. The molecule has 8 nitrogen and oxygen atoms in total. The highest BCUT2D eigenvalue weighted by Gasteiger charge is 2.21. The molecule has 5 N–H and O–H groups in total. The minimum absolute atomic E-state index is 0.0524. The molecule has 3 aromatic carbocycles. The van der Waals surface area contributed by atoms with Crippen molar-refractivity contribution in [3.05, 3.63) is 80.4 Å². The average molecular weight is 554 g/mol. The Kier molecular flexibility index (Phi) is 6.58. The molecule has 0 unspecified atom stereocenters. The van der Waals surface area contributed by atoms with Gasteiger partial charge in [-0.3, -0.25) is 4.79 Å². The van der Waals surface area contributed by atoms with Crippen LogP contribution in [0.2, 0.25) is 0 Å². The Morgan fingerprint density at radius 1 is 0.906 bits per heavy atom. The number of carboxylic acids is 2. The largest absolute Gasteiger partial charge is 0.478 e. The van der Waals surface area contributed by atoms with Crippen molar-refractivity contribution >= 4 is 51.8 Å². The molecule has 11 heteroatoms. The molecule has 1 amide bonds. The molecule has 0 radical (unpaired) electrons. The van der Waals surface area contributed by atoms with Gasteiger partial charge < -0.3 is 26.0 Å². The average Bonchev–Trinajstić information content (AvgIpc) is 2.69. The summed E-state index contributed by atoms with van der Waals surface area (Å²) in [7, 11) is 0. The molecule has 3 rings (SSSR count). The second-order valence-electron chi connectivity index (χ2n) is 6.36. The molecule has 0 aromatic heterocycles. The Morgan fingerprint density at radius 2 is 1.59 bits per heavy atom. The second kappa shape index (κ2) is 9.18. The van der Waals surface area contributed by atoms with Crippen molar-refractivity contribution in [1.29, 1.82) is 0 Å². The number of rotatable bonds is 7. The van der Waals surface area contributed by atoms with Gasteiger partial charge in [-0.1, -0.05) is 0 Å². The highest BCUT2D eigenvalue weighted by Crippen LogP contribution is 2.34. The molecule has 0 atom stereocenters. The molecule has 0 fully saturated rings. The SMILES string of the molecule is NC(=O)c1c(Nc2ccc(I)cc2F)cc(F)cc1Oc1ccc(C(=O)O)c(C(=O)O)c1. The van der Waals surface area contributed by atoms with Crippen LogP contribution in [0.25, 0.3) is 0 Å². The zero-order valence-corrected chi connectivity index (χ0v) is 18.0. The fourth-order valence-electron chi connectivity index (χ4n) is 2.83. The maximum Gasteiger partial charge on any atom is 0.336 e. The van der Waals surface area contributed by atoms with Gasteiger partial charge in [-0.15, -0.1) is 0 Å². The van der Waals surface area contributed by atoms with Gasteiger partial charge in [0, 0.05) is 9.64 Å². The molecule has 0 heterocycles. The van der Waals surface area contributed by atoms with Crippen LogP contribution in [-0.4, -0.2) is 28.1 Å². The van der Waals surface area contributed by atoms with Gasteiger partial charge in [0.05, 0.1) is 22.5 Å². The lowest BCUT2D eigenvalue weighted by atomic mass is 10.1. The zero-order chi connectivity index (χ0) is 23.6. The van der Waals surface area contributed by atoms with Crippen LogP contribution in [0.4, 0.5) is 20.2 Å². The van der Waals surface area contributed by atoms with E-state index in [4.69, 9.17) is 15.6 Å². The molecule has 0 saturated heterocycles. The van der Waals surface area contributed by atoms with Crippen molar-refractivity contribution < 1.29 is 38.1 Å². The van der Waals surface area contributed by atoms with Gasteiger partial charge in [0.2, 0.25) is 0 Å². The Labute approximate surface area is 192 Å². The minimum Gasteiger partial charge on any atom is -0.478 e. The molecule has 0 bridgehead atoms. The van der Waals surface area contributed by atoms with Gasteiger partial charge in [0.25, 0.3) is 5.91 Å². The van der Waals surface area contributed by atoms with E-state index in [9.17, 15) is 28.3 Å². The van der Waals surface area contributed by atoms with Gasteiger partial charge in [0.1, 0.15) is 28.7 Å². The van der Waals surface area contributed by atoms with Gasteiger partial charge >= 0.3 is 11.9 Å². The monoisotopic (exact) mass is 554 g/mol. The second-order valence-corrected chi connectivity index (χ2v) is 7.61. The first-order valence-electron chi connectivity index (χ1n) is 8.70.